The number of hydrogen-bond donors (Lipinski definition) is 0. The van der Waals surface area contributed by atoms with Gasteiger partial charge in [-0.25, -0.2) is 19.3 Å². The van der Waals surface area contributed by atoms with Crippen molar-refractivity contribution >= 4 is 33.7 Å². The molecule has 0 aliphatic heterocycles. The van der Waals surface area contributed by atoms with Gasteiger partial charge in [0.15, 0.2) is 5.78 Å². The lowest BCUT2D eigenvalue weighted by molar-refractivity contribution is 0.103. The zero-order valence-corrected chi connectivity index (χ0v) is 17.5. The quantitative estimate of drug-likeness (QED) is 0.427. The number of aromatic nitrogens is 3. The minimum atomic E-state index is -1.50. The standard InChI is InChI=1S/C23H19N3O4S/c1-2-30-23(28)26-19-12-11-17(22(27)16-8-4-3-5-9-16)14-18(19)25-20(26)15-31(29)21-10-6-7-13-24-21/h3-14H,2,15H2,1H3. The molecule has 0 saturated carbocycles. The summed E-state index contributed by atoms with van der Waals surface area (Å²) in [4.78, 5) is 34.0. The number of pyridine rings is 1. The molecule has 156 valence electrons. The normalized spacial score (nSPS) is 11.9. The molecule has 4 aromatic rings. The third kappa shape index (κ3) is 4.29. The lowest BCUT2D eigenvalue weighted by Crippen LogP contribution is -2.17. The highest BCUT2D eigenvalue weighted by molar-refractivity contribution is 7.84. The summed E-state index contributed by atoms with van der Waals surface area (Å²) in [6.07, 6.45) is 0.948. The van der Waals surface area contributed by atoms with Crippen molar-refractivity contribution in [2.75, 3.05) is 6.61 Å². The van der Waals surface area contributed by atoms with E-state index in [1.807, 2.05) is 6.07 Å². The van der Waals surface area contributed by atoms with Crippen LogP contribution in [0.5, 0.6) is 0 Å². The number of carbonyl (C=O) groups excluding carboxylic acids is 2. The van der Waals surface area contributed by atoms with Gasteiger partial charge in [-0.15, -0.1) is 0 Å². The number of rotatable bonds is 6. The van der Waals surface area contributed by atoms with Gasteiger partial charge in [-0.2, -0.15) is 0 Å². The molecule has 0 fully saturated rings. The maximum atomic E-state index is 12.8. The molecular formula is C23H19N3O4S. The average Bonchev–Trinajstić information content (AvgIpc) is 3.16. The highest BCUT2D eigenvalue weighted by atomic mass is 32.2. The molecule has 0 aliphatic rings. The van der Waals surface area contributed by atoms with Crippen LogP contribution < -0.4 is 0 Å². The van der Waals surface area contributed by atoms with Crippen LogP contribution in [-0.2, 0) is 21.3 Å². The Labute approximate surface area is 181 Å². The highest BCUT2D eigenvalue weighted by Gasteiger charge is 2.21. The van der Waals surface area contributed by atoms with E-state index >= 15 is 0 Å². The molecule has 4 rings (SSSR count). The Morgan fingerprint density at radius 3 is 2.48 bits per heavy atom. The number of hydrogen-bond acceptors (Lipinski definition) is 6. The smallest absolute Gasteiger partial charge is 0.420 e. The fraction of sp³-hybridized carbons (Fsp3) is 0.130. The molecule has 1 atom stereocenters. The van der Waals surface area contributed by atoms with Crippen LogP contribution in [-0.4, -0.2) is 37.2 Å². The Morgan fingerprint density at radius 1 is 1.00 bits per heavy atom. The predicted molar refractivity (Wildman–Crippen MR) is 116 cm³/mol. The van der Waals surface area contributed by atoms with E-state index < -0.39 is 16.9 Å². The molecule has 0 N–H and O–H groups in total. The minimum absolute atomic E-state index is 0.0214. The molecule has 0 aliphatic carbocycles. The van der Waals surface area contributed by atoms with Crippen molar-refractivity contribution in [1.82, 2.24) is 14.5 Å². The van der Waals surface area contributed by atoms with Gasteiger partial charge >= 0.3 is 6.09 Å². The Bertz CT molecular complexity index is 1270. The molecule has 7 nitrogen and oxygen atoms in total. The van der Waals surface area contributed by atoms with E-state index in [0.717, 1.165) is 0 Å². The lowest BCUT2D eigenvalue weighted by Gasteiger charge is -2.08. The molecule has 2 aromatic heterocycles. The van der Waals surface area contributed by atoms with Crippen LogP contribution in [0.4, 0.5) is 4.79 Å². The zero-order valence-electron chi connectivity index (χ0n) is 16.7. The summed E-state index contributed by atoms with van der Waals surface area (Å²) in [5.74, 6) is 0.112. The van der Waals surface area contributed by atoms with Crippen molar-refractivity contribution in [3.8, 4) is 0 Å². The number of nitrogens with zero attached hydrogens (tertiary/aromatic N) is 3. The largest absolute Gasteiger partial charge is 0.449 e. The molecule has 31 heavy (non-hydrogen) atoms. The topological polar surface area (TPSA) is 91.2 Å². The summed E-state index contributed by atoms with van der Waals surface area (Å²) in [7, 11) is -1.50. The lowest BCUT2D eigenvalue weighted by atomic mass is 10.0. The number of imidazole rings is 1. The maximum Gasteiger partial charge on any atom is 0.420 e. The number of fused-ring (bicyclic) bond motifs is 1. The monoisotopic (exact) mass is 433 g/mol. The first-order valence-corrected chi connectivity index (χ1v) is 11.0. The van der Waals surface area contributed by atoms with Crippen molar-refractivity contribution in [1.29, 1.82) is 0 Å². The van der Waals surface area contributed by atoms with E-state index in [-0.39, 0.29) is 24.0 Å². The number of benzene rings is 2. The average molecular weight is 433 g/mol. The molecule has 0 bridgehead atoms. The summed E-state index contributed by atoms with van der Waals surface area (Å²) >= 11 is 0. The van der Waals surface area contributed by atoms with Crippen LogP contribution in [0.15, 0.2) is 78.0 Å². The summed E-state index contributed by atoms with van der Waals surface area (Å²) in [5.41, 5.74) is 1.94. The van der Waals surface area contributed by atoms with E-state index in [1.165, 1.54) is 4.57 Å². The third-order valence-corrected chi connectivity index (χ3v) is 5.83. The van der Waals surface area contributed by atoms with Gasteiger partial charge in [0, 0.05) is 17.3 Å². The van der Waals surface area contributed by atoms with Crippen molar-refractivity contribution < 1.29 is 18.5 Å². The SMILES string of the molecule is CCOC(=O)n1c(CS(=O)c2ccccn2)nc2cc(C(=O)c3ccccc3)ccc21. The van der Waals surface area contributed by atoms with Gasteiger partial charge in [-0.05, 0) is 37.3 Å². The van der Waals surface area contributed by atoms with Crippen LogP contribution in [0.25, 0.3) is 11.0 Å². The van der Waals surface area contributed by atoms with Gasteiger partial charge in [0.1, 0.15) is 10.9 Å². The molecule has 0 spiro atoms. The summed E-state index contributed by atoms with van der Waals surface area (Å²) in [5, 5.41) is 0.393. The fourth-order valence-electron chi connectivity index (χ4n) is 3.19. The second kappa shape index (κ2) is 9.01. The first-order chi connectivity index (χ1) is 15.1. The van der Waals surface area contributed by atoms with Gasteiger partial charge in [-0.1, -0.05) is 36.4 Å². The number of ketones is 1. The van der Waals surface area contributed by atoms with E-state index in [9.17, 15) is 13.8 Å². The van der Waals surface area contributed by atoms with Gasteiger partial charge < -0.3 is 4.74 Å². The molecular weight excluding hydrogens is 414 g/mol. The van der Waals surface area contributed by atoms with Crippen molar-refractivity contribution in [2.24, 2.45) is 0 Å². The van der Waals surface area contributed by atoms with Crippen LogP contribution >= 0.6 is 0 Å². The van der Waals surface area contributed by atoms with Gasteiger partial charge in [-0.3, -0.25) is 9.00 Å². The van der Waals surface area contributed by atoms with Crippen molar-refractivity contribution in [2.45, 2.75) is 17.7 Å². The summed E-state index contributed by atoms with van der Waals surface area (Å²) in [6, 6.07) is 19.0. The van der Waals surface area contributed by atoms with E-state index in [4.69, 9.17) is 4.74 Å². The van der Waals surface area contributed by atoms with Gasteiger partial charge in [0.05, 0.1) is 34.2 Å². The molecule has 1 unspecified atom stereocenters. The van der Waals surface area contributed by atoms with Crippen LogP contribution in [0.3, 0.4) is 0 Å². The van der Waals surface area contributed by atoms with E-state index in [1.54, 1.807) is 73.8 Å². The predicted octanol–water partition coefficient (Wildman–Crippen LogP) is 3.97. The van der Waals surface area contributed by atoms with E-state index in [0.29, 0.717) is 27.2 Å². The number of ether oxygens (including phenoxy) is 1. The molecule has 0 amide bonds. The minimum Gasteiger partial charge on any atom is -0.449 e. The van der Waals surface area contributed by atoms with E-state index in [2.05, 4.69) is 9.97 Å². The van der Waals surface area contributed by atoms with Crippen LogP contribution in [0.1, 0.15) is 28.7 Å². The Hall–Kier alpha value is -3.65. The van der Waals surface area contributed by atoms with Gasteiger partial charge in [0.2, 0.25) is 0 Å². The maximum absolute atomic E-state index is 12.8. The molecule has 2 heterocycles. The number of carbonyl (C=O) groups is 2. The first kappa shape index (κ1) is 20.6. The summed E-state index contributed by atoms with van der Waals surface area (Å²) < 4.78 is 19.2. The summed E-state index contributed by atoms with van der Waals surface area (Å²) in [6.45, 7) is 1.89. The van der Waals surface area contributed by atoms with Crippen LogP contribution in [0, 0.1) is 0 Å². The molecule has 8 heteroatoms. The Morgan fingerprint density at radius 2 is 1.77 bits per heavy atom. The van der Waals surface area contributed by atoms with Crippen LogP contribution in [0.2, 0.25) is 0 Å². The molecule has 0 radical (unpaired) electrons. The van der Waals surface area contributed by atoms with Gasteiger partial charge in [0.25, 0.3) is 0 Å². The zero-order chi connectivity index (χ0) is 21.8. The fourth-order valence-corrected chi connectivity index (χ4v) is 4.17. The molecule has 2 aromatic carbocycles. The second-order valence-electron chi connectivity index (χ2n) is 6.62. The first-order valence-electron chi connectivity index (χ1n) is 9.66. The Kier molecular flexibility index (Phi) is 5.99. The highest BCUT2D eigenvalue weighted by Crippen LogP contribution is 2.22. The van der Waals surface area contributed by atoms with Crippen molar-refractivity contribution in [3.05, 3.63) is 89.9 Å². The molecule has 0 saturated heterocycles. The van der Waals surface area contributed by atoms with Crippen molar-refractivity contribution in [3.63, 3.8) is 0 Å². The third-order valence-electron chi connectivity index (χ3n) is 4.60. The second-order valence-corrected chi connectivity index (χ2v) is 8.02. The Balaban J connectivity index is 1.75.